The predicted octanol–water partition coefficient (Wildman–Crippen LogP) is 2.70. The van der Waals surface area contributed by atoms with Crippen LogP contribution < -0.4 is 10.5 Å². The number of nitrogens with two attached hydrogens (primary N) is 1. The van der Waals surface area contributed by atoms with E-state index >= 15 is 0 Å². The second-order valence-corrected chi connectivity index (χ2v) is 8.05. The summed E-state index contributed by atoms with van der Waals surface area (Å²) in [6.45, 7) is 2.08. The standard InChI is InChI=1S/C12H13Cl2N3O2S2/c1-7-16-5-8(20-7)6-17-21(18,19)11-3-2-10(13)9(4-15)12(11)14/h2-3,5,17H,4,6,15H2,1H3. The van der Waals surface area contributed by atoms with Crippen LogP contribution in [0.3, 0.4) is 0 Å². The number of aromatic nitrogens is 1. The highest BCUT2D eigenvalue weighted by molar-refractivity contribution is 7.89. The Hall–Kier alpha value is -0.700. The van der Waals surface area contributed by atoms with Crippen molar-refractivity contribution >= 4 is 44.6 Å². The average Bonchev–Trinajstić information content (AvgIpc) is 2.83. The number of nitrogens with zero attached hydrogens (tertiary/aromatic N) is 1. The molecule has 1 heterocycles. The molecule has 0 bridgehead atoms. The quantitative estimate of drug-likeness (QED) is 0.852. The van der Waals surface area contributed by atoms with Crippen LogP contribution in [0.5, 0.6) is 0 Å². The summed E-state index contributed by atoms with van der Waals surface area (Å²) in [6.07, 6.45) is 1.64. The number of nitrogens with one attached hydrogen (secondary N) is 1. The van der Waals surface area contributed by atoms with Crippen molar-refractivity contribution in [3.8, 4) is 0 Å². The summed E-state index contributed by atoms with van der Waals surface area (Å²) in [5, 5.41) is 1.27. The number of hydrogen-bond donors (Lipinski definition) is 2. The number of hydrogen-bond acceptors (Lipinski definition) is 5. The van der Waals surface area contributed by atoms with Gasteiger partial charge in [0.05, 0.1) is 10.0 Å². The fourth-order valence-electron chi connectivity index (χ4n) is 1.70. The monoisotopic (exact) mass is 365 g/mol. The lowest BCUT2D eigenvalue weighted by molar-refractivity contribution is 0.581. The first-order valence-corrected chi connectivity index (χ1v) is 8.98. The predicted molar refractivity (Wildman–Crippen MR) is 85.2 cm³/mol. The molecular weight excluding hydrogens is 353 g/mol. The highest BCUT2D eigenvalue weighted by Gasteiger charge is 2.21. The summed E-state index contributed by atoms with van der Waals surface area (Å²) in [6, 6.07) is 2.84. The number of sulfonamides is 1. The molecule has 0 amide bonds. The third-order valence-corrected chi connectivity index (χ3v) is 6.00. The summed E-state index contributed by atoms with van der Waals surface area (Å²) < 4.78 is 27.1. The van der Waals surface area contributed by atoms with Crippen LogP contribution in [0.15, 0.2) is 23.2 Å². The molecule has 2 aromatic rings. The normalized spacial score (nSPS) is 11.8. The SMILES string of the molecule is Cc1ncc(CNS(=O)(=O)c2ccc(Cl)c(CN)c2Cl)s1. The molecule has 9 heteroatoms. The van der Waals surface area contributed by atoms with Crippen molar-refractivity contribution in [1.82, 2.24) is 9.71 Å². The first kappa shape index (κ1) is 16.7. The third kappa shape index (κ3) is 3.74. The van der Waals surface area contributed by atoms with Gasteiger partial charge < -0.3 is 5.73 Å². The van der Waals surface area contributed by atoms with Crippen LogP contribution in [0.1, 0.15) is 15.4 Å². The molecule has 0 radical (unpaired) electrons. The second-order valence-electron chi connectivity index (χ2n) is 4.21. The van der Waals surface area contributed by atoms with Crippen LogP contribution >= 0.6 is 34.5 Å². The molecule has 1 aromatic carbocycles. The lowest BCUT2D eigenvalue weighted by atomic mass is 10.2. The molecule has 5 nitrogen and oxygen atoms in total. The van der Waals surface area contributed by atoms with Gasteiger partial charge in [-0.3, -0.25) is 0 Å². The molecule has 0 spiro atoms. The van der Waals surface area contributed by atoms with Gasteiger partial charge in [-0.1, -0.05) is 23.2 Å². The zero-order valence-corrected chi connectivity index (χ0v) is 14.2. The lowest BCUT2D eigenvalue weighted by Crippen LogP contribution is -2.23. The van der Waals surface area contributed by atoms with E-state index in [-0.39, 0.29) is 23.0 Å². The maximum absolute atomic E-state index is 12.3. The number of halogens is 2. The molecule has 0 saturated heterocycles. The van der Waals surface area contributed by atoms with Gasteiger partial charge in [0.25, 0.3) is 0 Å². The van der Waals surface area contributed by atoms with Gasteiger partial charge in [0, 0.05) is 34.7 Å². The molecule has 0 aliphatic heterocycles. The average molecular weight is 366 g/mol. The topological polar surface area (TPSA) is 85.1 Å². The van der Waals surface area contributed by atoms with E-state index in [9.17, 15) is 8.42 Å². The number of aryl methyl sites for hydroxylation is 1. The molecule has 0 fully saturated rings. The molecule has 21 heavy (non-hydrogen) atoms. The van der Waals surface area contributed by atoms with E-state index in [2.05, 4.69) is 9.71 Å². The van der Waals surface area contributed by atoms with Gasteiger partial charge in [-0.2, -0.15) is 0 Å². The zero-order chi connectivity index (χ0) is 15.6. The largest absolute Gasteiger partial charge is 0.326 e. The Morgan fingerprint density at radius 3 is 2.67 bits per heavy atom. The highest BCUT2D eigenvalue weighted by Crippen LogP contribution is 2.30. The van der Waals surface area contributed by atoms with Crippen molar-refractivity contribution in [3.63, 3.8) is 0 Å². The van der Waals surface area contributed by atoms with Gasteiger partial charge in [0.2, 0.25) is 10.0 Å². The summed E-state index contributed by atoms with van der Waals surface area (Å²) in [5.74, 6) is 0. The zero-order valence-electron chi connectivity index (χ0n) is 11.1. The second kappa shape index (κ2) is 6.60. The Balaban J connectivity index is 2.27. The number of benzene rings is 1. The smallest absolute Gasteiger partial charge is 0.242 e. The van der Waals surface area contributed by atoms with Gasteiger partial charge >= 0.3 is 0 Å². The van der Waals surface area contributed by atoms with Gasteiger partial charge in [-0.05, 0) is 19.1 Å². The van der Waals surface area contributed by atoms with E-state index in [0.29, 0.717) is 10.6 Å². The van der Waals surface area contributed by atoms with Gasteiger partial charge in [-0.15, -0.1) is 11.3 Å². The molecule has 0 aliphatic carbocycles. The maximum atomic E-state index is 12.3. The van der Waals surface area contributed by atoms with E-state index in [4.69, 9.17) is 28.9 Å². The fourth-order valence-corrected chi connectivity index (χ4v) is 4.46. The van der Waals surface area contributed by atoms with Crippen LogP contribution in [0, 0.1) is 6.92 Å². The first-order valence-electron chi connectivity index (χ1n) is 5.93. The van der Waals surface area contributed by atoms with Crippen LogP contribution in [-0.2, 0) is 23.1 Å². The van der Waals surface area contributed by atoms with Crippen LogP contribution in [0.25, 0.3) is 0 Å². The molecule has 0 unspecified atom stereocenters. The van der Waals surface area contributed by atoms with Gasteiger partial charge in [0.15, 0.2) is 0 Å². The highest BCUT2D eigenvalue weighted by atomic mass is 35.5. The molecule has 114 valence electrons. The molecule has 0 aliphatic rings. The lowest BCUT2D eigenvalue weighted by Gasteiger charge is -2.11. The van der Waals surface area contributed by atoms with Crippen LogP contribution in [0.4, 0.5) is 0 Å². The third-order valence-electron chi connectivity index (χ3n) is 2.75. The molecule has 0 saturated carbocycles. The Bertz CT molecular complexity index is 760. The van der Waals surface area contributed by atoms with Crippen molar-refractivity contribution in [3.05, 3.63) is 43.8 Å². The minimum atomic E-state index is -3.75. The minimum Gasteiger partial charge on any atom is -0.326 e. The number of thiazole rings is 1. The van der Waals surface area contributed by atoms with Crippen LogP contribution in [-0.4, -0.2) is 13.4 Å². The van der Waals surface area contributed by atoms with E-state index < -0.39 is 10.0 Å². The van der Waals surface area contributed by atoms with Crippen molar-refractivity contribution in [2.45, 2.75) is 24.9 Å². The van der Waals surface area contributed by atoms with Crippen molar-refractivity contribution in [1.29, 1.82) is 0 Å². The Morgan fingerprint density at radius 1 is 1.38 bits per heavy atom. The molecule has 2 rings (SSSR count). The van der Waals surface area contributed by atoms with Gasteiger partial charge in [0.1, 0.15) is 4.90 Å². The summed E-state index contributed by atoms with van der Waals surface area (Å²) in [7, 11) is -3.75. The molecule has 3 N–H and O–H groups in total. The summed E-state index contributed by atoms with van der Waals surface area (Å²) in [5.41, 5.74) is 5.95. The maximum Gasteiger partial charge on any atom is 0.242 e. The summed E-state index contributed by atoms with van der Waals surface area (Å²) in [4.78, 5) is 4.86. The first-order chi connectivity index (χ1) is 9.85. The minimum absolute atomic E-state index is 0.0322. The number of rotatable bonds is 5. The van der Waals surface area contributed by atoms with Crippen molar-refractivity contribution < 1.29 is 8.42 Å². The van der Waals surface area contributed by atoms with E-state index in [1.54, 1.807) is 6.20 Å². The van der Waals surface area contributed by atoms with Crippen molar-refractivity contribution in [2.75, 3.05) is 0 Å². The Kier molecular flexibility index (Phi) is 5.24. The van der Waals surface area contributed by atoms with E-state index in [0.717, 1.165) is 9.88 Å². The van der Waals surface area contributed by atoms with Crippen molar-refractivity contribution in [2.24, 2.45) is 5.73 Å². The van der Waals surface area contributed by atoms with Gasteiger partial charge in [-0.25, -0.2) is 18.1 Å². The molecule has 0 atom stereocenters. The Labute approximate surface area is 137 Å². The molecular formula is C12H13Cl2N3O2S2. The fraction of sp³-hybridized carbons (Fsp3) is 0.250. The molecule has 1 aromatic heterocycles. The van der Waals surface area contributed by atoms with E-state index in [1.165, 1.54) is 23.5 Å². The summed E-state index contributed by atoms with van der Waals surface area (Å²) >= 11 is 13.5. The van der Waals surface area contributed by atoms with E-state index in [1.807, 2.05) is 6.92 Å². The van der Waals surface area contributed by atoms with Crippen LogP contribution in [0.2, 0.25) is 10.0 Å². The Morgan fingerprint density at radius 2 is 2.10 bits per heavy atom.